The van der Waals surface area contributed by atoms with Crippen LogP contribution in [0.4, 0.5) is 8.78 Å². The molecule has 0 aliphatic carbocycles. The van der Waals surface area contributed by atoms with E-state index in [9.17, 15) is 13.6 Å². The van der Waals surface area contributed by atoms with Crippen molar-refractivity contribution < 1.29 is 18.3 Å². The van der Waals surface area contributed by atoms with Gasteiger partial charge in [0.2, 0.25) is 0 Å². The molecule has 110 valence electrons. The summed E-state index contributed by atoms with van der Waals surface area (Å²) in [5, 5.41) is 2.66. The first-order valence-corrected chi connectivity index (χ1v) is 6.53. The number of ether oxygens (including phenoxy) is 1. The molecule has 0 spiro atoms. The second kappa shape index (κ2) is 7.38. The fourth-order valence-corrected chi connectivity index (χ4v) is 1.80. The highest BCUT2D eigenvalue weighted by Crippen LogP contribution is 2.11. The summed E-state index contributed by atoms with van der Waals surface area (Å²) in [5.74, 6) is -0.724. The Morgan fingerprint density at radius 2 is 1.76 bits per heavy atom. The topological polar surface area (TPSA) is 38.3 Å². The maximum atomic E-state index is 13.0. The summed E-state index contributed by atoms with van der Waals surface area (Å²) >= 11 is 0. The third kappa shape index (κ3) is 5.22. The van der Waals surface area contributed by atoms with Gasteiger partial charge in [-0.2, -0.15) is 0 Å². The summed E-state index contributed by atoms with van der Waals surface area (Å²) in [6.45, 7) is 0.196. The molecule has 0 heterocycles. The molecule has 0 bridgehead atoms. The van der Waals surface area contributed by atoms with Gasteiger partial charge < -0.3 is 10.1 Å². The van der Waals surface area contributed by atoms with Gasteiger partial charge in [0, 0.05) is 12.6 Å². The molecule has 2 aromatic carbocycles. The second-order valence-electron chi connectivity index (χ2n) is 4.48. The van der Waals surface area contributed by atoms with Gasteiger partial charge in [0.25, 0.3) is 5.91 Å². The standard InChI is InChI=1S/C16H15F2NO2/c17-13-4-1-3-12(9-13)7-8-19-16(20)11-21-15-6-2-5-14(18)10-15/h1-6,9-10H,7-8,11H2,(H,19,20). The Balaban J connectivity index is 1.70. The zero-order valence-electron chi connectivity index (χ0n) is 11.3. The van der Waals surface area contributed by atoms with Gasteiger partial charge in [-0.1, -0.05) is 18.2 Å². The molecule has 0 radical (unpaired) electrons. The van der Waals surface area contributed by atoms with Crippen LogP contribution in [0.3, 0.4) is 0 Å². The predicted octanol–water partition coefficient (Wildman–Crippen LogP) is 2.70. The minimum Gasteiger partial charge on any atom is -0.484 e. The number of rotatable bonds is 6. The van der Waals surface area contributed by atoms with Crippen molar-refractivity contribution in [2.45, 2.75) is 6.42 Å². The van der Waals surface area contributed by atoms with Gasteiger partial charge in [0.1, 0.15) is 17.4 Å². The zero-order chi connectivity index (χ0) is 15.1. The van der Waals surface area contributed by atoms with E-state index in [2.05, 4.69) is 5.32 Å². The first-order valence-electron chi connectivity index (χ1n) is 6.53. The molecule has 1 N–H and O–H groups in total. The van der Waals surface area contributed by atoms with Crippen LogP contribution in [-0.4, -0.2) is 19.1 Å². The van der Waals surface area contributed by atoms with Gasteiger partial charge in [0.15, 0.2) is 6.61 Å². The summed E-state index contributed by atoms with van der Waals surface area (Å²) in [7, 11) is 0. The van der Waals surface area contributed by atoms with E-state index in [1.54, 1.807) is 18.2 Å². The molecule has 0 aliphatic rings. The molecule has 0 saturated heterocycles. The molecule has 0 fully saturated rings. The molecule has 3 nitrogen and oxygen atoms in total. The minimum atomic E-state index is -0.418. The SMILES string of the molecule is O=C(COc1cccc(F)c1)NCCc1cccc(F)c1. The summed E-state index contributed by atoms with van der Waals surface area (Å²) in [6.07, 6.45) is 0.531. The van der Waals surface area contributed by atoms with Gasteiger partial charge in [-0.15, -0.1) is 0 Å². The van der Waals surface area contributed by atoms with Gasteiger partial charge in [0.05, 0.1) is 0 Å². The zero-order valence-corrected chi connectivity index (χ0v) is 11.3. The van der Waals surface area contributed by atoms with Crippen LogP contribution in [0.1, 0.15) is 5.56 Å². The highest BCUT2D eigenvalue weighted by Gasteiger charge is 2.03. The van der Waals surface area contributed by atoms with E-state index in [1.165, 1.54) is 30.3 Å². The van der Waals surface area contributed by atoms with Crippen molar-refractivity contribution in [1.82, 2.24) is 5.32 Å². The number of carbonyl (C=O) groups is 1. The van der Waals surface area contributed by atoms with E-state index in [1.807, 2.05) is 0 Å². The lowest BCUT2D eigenvalue weighted by Gasteiger charge is -2.07. The Morgan fingerprint density at radius 1 is 1.05 bits per heavy atom. The Hall–Kier alpha value is -2.43. The number of amides is 1. The largest absolute Gasteiger partial charge is 0.484 e. The second-order valence-corrected chi connectivity index (χ2v) is 4.48. The van der Waals surface area contributed by atoms with E-state index < -0.39 is 5.82 Å². The lowest BCUT2D eigenvalue weighted by molar-refractivity contribution is -0.123. The number of hydrogen-bond acceptors (Lipinski definition) is 2. The van der Waals surface area contributed by atoms with E-state index in [4.69, 9.17) is 4.74 Å². The van der Waals surface area contributed by atoms with Crippen LogP contribution in [0.5, 0.6) is 5.75 Å². The molecular weight excluding hydrogens is 276 g/mol. The normalized spacial score (nSPS) is 10.2. The maximum absolute atomic E-state index is 13.0. The Morgan fingerprint density at radius 3 is 2.48 bits per heavy atom. The summed E-state index contributed by atoms with van der Waals surface area (Å²) < 4.78 is 31.0. The maximum Gasteiger partial charge on any atom is 0.257 e. The number of nitrogens with one attached hydrogen (secondary N) is 1. The summed E-state index contributed by atoms with van der Waals surface area (Å²) in [4.78, 5) is 11.6. The Bertz CT molecular complexity index is 617. The molecule has 2 rings (SSSR count). The van der Waals surface area contributed by atoms with Crippen molar-refractivity contribution in [3.63, 3.8) is 0 Å². The average Bonchev–Trinajstić information content (AvgIpc) is 2.45. The summed E-state index contributed by atoms with van der Waals surface area (Å²) in [6, 6.07) is 11.8. The van der Waals surface area contributed by atoms with Crippen LogP contribution in [0.15, 0.2) is 48.5 Å². The van der Waals surface area contributed by atoms with Crippen LogP contribution < -0.4 is 10.1 Å². The fourth-order valence-electron chi connectivity index (χ4n) is 1.80. The predicted molar refractivity (Wildman–Crippen MR) is 75.0 cm³/mol. The first kappa shape index (κ1) is 15.0. The van der Waals surface area contributed by atoms with Crippen molar-refractivity contribution in [1.29, 1.82) is 0 Å². The van der Waals surface area contributed by atoms with Gasteiger partial charge in [-0.05, 0) is 36.2 Å². The molecule has 2 aromatic rings. The van der Waals surface area contributed by atoms with Crippen LogP contribution in [0, 0.1) is 11.6 Å². The average molecular weight is 291 g/mol. The van der Waals surface area contributed by atoms with Crippen LogP contribution in [0.2, 0.25) is 0 Å². The molecule has 21 heavy (non-hydrogen) atoms. The van der Waals surface area contributed by atoms with E-state index in [0.29, 0.717) is 18.7 Å². The fraction of sp³-hybridized carbons (Fsp3) is 0.188. The molecule has 1 amide bonds. The van der Waals surface area contributed by atoms with Crippen molar-refractivity contribution in [2.24, 2.45) is 0 Å². The molecule has 0 unspecified atom stereocenters. The Kier molecular flexibility index (Phi) is 5.26. The smallest absolute Gasteiger partial charge is 0.257 e. The third-order valence-corrected chi connectivity index (χ3v) is 2.79. The highest BCUT2D eigenvalue weighted by atomic mass is 19.1. The van der Waals surface area contributed by atoms with Crippen LogP contribution >= 0.6 is 0 Å². The van der Waals surface area contributed by atoms with Crippen molar-refractivity contribution >= 4 is 5.91 Å². The van der Waals surface area contributed by atoms with Crippen molar-refractivity contribution in [2.75, 3.05) is 13.2 Å². The van der Waals surface area contributed by atoms with E-state index >= 15 is 0 Å². The highest BCUT2D eigenvalue weighted by molar-refractivity contribution is 5.77. The number of halogens is 2. The quantitative estimate of drug-likeness (QED) is 0.888. The lowest BCUT2D eigenvalue weighted by Crippen LogP contribution is -2.30. The van der Waals surface area contributed by atoms with Crippen molar-refractivity contribution in [3.8, 4) is 5.75 Å². The number of carbonyl (C=O) groups excluding carboxylic acids is 1. The number of benzene rings is 2. The molecule has 0 aliphatic heterocycles. The minimum absolute atomic E-state index is 0.188. The molecule has 0 aromatic heterocycles. The van der Waals surface area contributed by atoms with E-state index in [-0.39, 0.29) is 18.3 Å². The van der Waals surface area contributed by atoms with Gasteiger partial charge >= 0.3 is 0 Å². The summed E-state index contributed by atoms with van der Waals surface area (Å²) in [5.41, 5.74) is 0.807. The van der Waals surface area contributed by atoms with Gasteiger partial charge in [-0.3, -0.25) is 4.79 Å². The van der Waals surface area contributed by atoms with E-state index in [0.717, 1.165) is 5.56 Å². The third-order valence-electron chi connectivity index (χ3n) is 2.79. The number of hydrogen-bond donors (Lipinski definition) is 1. The lowest BCUT2D eigenvalue weighted by atomic mass is 10.1. The van der Waals surface area contributed by atoms with Crippen molar-refractivity contribution in [3.05, 3.63) is 65.7 Å². The monoisotopic (exact) mass is 291 g/mol. The van der Waals surface area contributed by atoms with Crippen LogP contribution in [-0.2, 0) is 11.2 Å². The Labute approximate surface area is 121 Å². The van der Waals surface area contributed by atoms with Crippen LogP contribution in [0.25, 0.3) is 0 Å². The molecule has 0 saturated carbocycles. The van der Waals surface area contributed by atoms with Gasteiger partial charge in [-0.25, -0.2) is 8.78 Å². The molecular formula is C16H15F2NO2. The first-order chi connectivity index (χ1) is 10.1. The molecule has 5 heteroatoms. The molecule has 0 atom stereocenters.